The van der Waals surface area contributed by atoms with Gasteiger partial charge in [0.2, 0.25) is 0 Å². The molecule has 0 spiro atoms. The highest BCUT2D eigenvalue weighted by Gasteiger charge is 2.54. The number of H-pyrrole nitrogens is 2. The van der Waals surface area contributed by atoms with E-state index in [4.69, 9.17) is 9.47 Å². The van der Waals surface area contributed by atoms with Crippen molar-refractivity contribution < 1.29 is 37.4 Å². The largest absolute Gasteiger partial charge is 0.432 e. The lowest BCUT2D eigenvalue weighted by Gasteiger charge is -2.42. The standard InChI is InChI=1S/C46H66F2N10O6/c1-41(2,3)33(55-37(59)45(11,43(7,8)25-47)63-39(61)57(13)14)35-51-22-30(53-35)28-19-17-27(18-20-28)29-21-50-31(23-49-29)32-24-52-36(54-32)34(42(4,5)6)56-38(60)46(12,44(9,10)26-48)64-40(62)58(15)16/h17-24,33-34H,25-26H2,1-16H3,(H,51,53)(H,52,54)(H,55,59)(H,56,60)/t33-,34-,45?,46?/m1/s1. The van der Waals surface area contributed by atoms with Gasteiger partial charge in [-0.3, -0.25) is 28.3 Å². The molecule has 4 N–H and O–H groups in total. The van der Waals surface area contributed by atoms with Gasteiger partial charge in [0, 0.05) is 44.6 Å². The first kappa shape index (κ1) is 50.7. The Kier molecular flexibility index (Phi) is 14.8. The van der Waals surface area contributed by atoms with Crippen molar-refractivity contribution in [2.24, 2.45) is 21.7 Å². The molecule has 1 aromatic carbocycles. The number of hydrogen-bond donors (Lipinski definition) is 4. The number of alkyl halides is 2. The molecule has 0 aliphatic carbocycles. The average Bonchev–Trinajstić information content (AvgIpc) is 3.91. The first-order chi connectivity index (χ1) is 29.4. The predicted octanol–water partition coefficient (Wildman–Crippen LogP) is 8.24. The minimum atomic E-state index is -1.86. The van der Waals surface area contributed by atoms with Gasteiger partial charge in [0.1, 0.15) is 17.3 Å². The number of carbonyl (C=O) groups is 4. The van der Waals surface area contributed by atoms with Gasteiger partial charge in [-0.15, -0.1) is 0 Å². The molecule has 4 amide bonds. The van der Waals surface area contributed by atoms with E-state index in [1.165, 1.54) is 79.5 Å². The maximum absolute atomic E-state index is 14.3. The minimum absolute atomic E-state index is 0.416. The lowest BCUT2D eigenvalue weighted by atomic mass is 9.75. The summed E-state index contributed by atoms with van der Waals surface area (Å²) in [6, 6.07) is 6.21. The average molecular weight is 893 g/mol. The van der Waals surface area contributed by atoms with E-state index in [1.54, 1.807) is 24.8 Å². The van der Waals surface area contributed by atoms with E-state index in [0.29, 0.717) is 34.4 Å². The Morgan fingerprint density at radius 1 is 0.562 bits per heavy atom. The number of nitrogens with one attached hydrogen (secondary N) is 4. The first-order valence-electron chi connectivity index (χ1n) is 21.0. The number of benzene rings is 1. The van der Waals surface area contributed by atoms with Crippen molar-refractivity contribution in [3.8, 4) is 33.9 Å². The topological polar surface area (TPSA) is 200 Å². The van der Waals surface area contributed by atoms with Crippen LogP contribution in [-0.2, 0) is 19.1 Å². The van der Waals surface area contributed by atoms with E-state index in [1.807, 2.05) is 65.8 Å². The van der Waals surface area contributed by atoms with Crippen LogP contribution in [-0.4, -0.2) is 116 Å². The van der Waals surface area contributed by atoms with Crippen molar-refractivity contribution in [2.45, 2.75) is 106 Å². The minimum Gasteiger partial charge on any atom is -0.432 e. The summed E-state index contributed by atoms with van der Waals surface area (Å²) in [5.41, 5.74) is -3.63. The molecule has 0 radical (unpaired) electrons. The molecule has 4 aromatic rings. The highest BCUT2D eigenvalue weighted by Crippen LogP contribution is 2.40. The summed E-state index contributed by atoms with van der Waals surface area (Å²) in [6.45, 7) is 18.7. The third-order valence-corrected chi connectivity index (χ3v) is 11.9. The summed E-state index contributed by atoms with van der Waals surface area (Å²) in [4.78, 5) is 80.6. The Balaban J connectivity index is 1.54. The molecule has 0 saturated heterocycles. The number of imidazole rings is 2. The van der Waals surface area contributed by atoms with Crippen molar-refractivity contribution in [1.82, 2.24) is 50.3 Å². The molecule has 64 heavy (non-hydrogen) atoms. The van der Waals surface area contributed by atoms with Crippen LogP contribution in [0.1, 0.15) is 107 Å². The zero-order valence-corrected chi connectivity index (χ0v) is 40.1. The Hall–Kier alpha value is -5.94. The lowest BCUT2D eigenvalue weighted by molar-refractivity contribution is -0.156. The predicted molar refractivity (Wildman–Crippen MR) is 240 cm³/mol. The van der Waals surface area contributed by atoms with Crippen LogP contribution in [0.4, 0.5) is 18.4 Å². The summed E-state index contributed by atoms with van der Waals surface area (Å²) in [5, 5.41) is 5.96. The van der Waals surface area contributed by atoms with Gasteiger partial charge in [-0.25, -0.2) is 19.6 Å². The fourth-order valence-electron chi connectivity index (χ4n) is 6.38. The van der Waals surface area contributed by atoms with Crippen LogP contribution in [0, 0.1) is 21.7 Å². The summed E-state index contributed by atoms with van der Waals surface area (Å²) >= 11 is 0. The lowest BCUT2D eigenvalue weighted by Crippen LogP contribution is -2.60. The number of aromatic amines is 2. The van der Waals surface area contributed by atoms with Crippen LogP contribution in [0.3, 0.4) is 0 Å². The normalized spacial score (nSPS) is 15.2. The third kappa shape index (κ3) is 10.7. The van der Waals surface area contributed by atoms with Crippen molar-refractivity contribution >= 4 is 24.0 Å². The molecule has 16 nitrogen and oxygen atoms in total. The molecule has 3 aromatic heterocycles. The van der Waals surface area contributed by atoms with Gasteiger partial charge < -0.3 is 39.9 Å². The molecule has 0 saturated carbocycles. The Morgan fingerprint density at radius 2 is 0.922 bits per heavy atom. The zero-order chi connectivity index (χ0) is 48.4. The van der Waals surface area contributed by atoms with Gasteiger partial charge in [-0.2, -0.15) is 0 Å². The van der Waals surface area contributed by atoms with E-state index < -0.39 is 82.3 Å². The first-order valence-corrected chi connectivity index (χ1v) is 21.0. The second-order valence-electron chi connectivity index (χ2n) is 20.4. The fourth-order valence-corrected chi connectivity index (χ4v) is 6.38. The van der Waals surface area contributed by atoms with E-state index in [0.717, 1.165) is 11.1 Å². The molecule has 0 aliphatic rings. The van der Waals surface area contributed by atoms with E-state index in [9.17, 15) is 28.0 Å². The summed E-state index contributed by atoms with van der Waals surface area (Å²) in [5.74, 6) is -0.452. The van der Waals surface area contributed by atoms with Gasteiger partial charge in [-0.05, 0) is 30.2 Å². The van der Waals surface area contributed by atoms with Crippen molar-refractivity contribution in [2.75, 3.05) is 41.5 Å². The molecular weight excluding hydrogens is 827 g/mol. The highest BCUT2D eigenvalue weighted by molar-refractivity contribution is 5.89. The Bertz CT molecular complexity index is 2120. The van der Waals surface area contributed by atoms with Crippen LogP contribution in [0.25, 0.3) is 33.9 Å². The van der Waals surface area contributed by atoms with Gasteiger partial charge in [0.15, 0.2) is 11.2 Å². The molecule has 0 fully saturated rings. The van der Waals surface area contributed by atoms with Crippen molar-refractivity contribution in [3.63, 3.8) is 0 Å². The molecule has 2 unspecified atom stereocenters. The number of rotatable bonds is 15. The second kappa shape index (κ2) is 18.6. The monoisotopic (exact) mass is 893 g/mol. The summed E-state index contributed by atoms with van der Waals surface area (Å²) < 4.78 is 39.9. The molecule has 0 aliphatic heterocycles. The number of aromatic nitrogens is 6. The number of nitrogens with zero attached hydrogens (tertiary/aromatic N) is 6. The van der Waals surface area contributed by atoms with Gasteiger partial charge in [0.25, 0.3) is 11.8 Å². The van der Waals surface area contributed by atoms with Crippen LogP contribution < -0.4 is 10.6 Å². The number of amides is 4. The van der Waals surface area contributed by atoms with Crippen LogP contribution in [0.5, 0.6) is 0 Å². The Labute approximate surface area is 375 Å². The van der Waals surface area contributed by atoms with Crippen LogP contribution >= 0.6 is 0 Å². The fraction of sp³-hybridized carbons (Fsp3) is 0.565. The van der Waals surface area contributed by atoms with Crippen molar-refractivity contribution in [3.05, 3.63) is 60.7 Å². The highest BCUT2D eigenvalue weighted by atomic mass is 19.1. The molecule has 3 heterocycles. The molecule has 4 rings (SSSR count). The van der Waals surface area contributed by atoms with E-state index in [2.05, 4.69) is 40.5 Å². The molecule has 18 heteroatoms. The van der Waals surface area contributed by atoms with Crippen LogP contribution in [0.2, 0.25) is 0 Å². The maximum atomic E-state index is 14.3. The molecule has 0 bridgehead atoms. The molecule has 4 atom stereocenters. The summed E-state index contributed by atoms with van der Waals surface area (Å²) in [7, 11) is 5.94. The van der Waals surface area contributed by atoms with Gasteiger partial charge >= 0.3 is 12.2 Å². The van der Waals surface area contributed by atoms with E-state index >= 15 is 0 Å². The van der Waals surface area contributed by atoms with Crippen LogP contribution in [0.15, 0.2) is 49.1 Å². The number of ether oxygens (including phenoxy) is 2. The number of halogens is 2. The quantitative estimate of drug-likeness (QED) is 0.0901. The summed E-state index contributed by atoms with van der Waals surface area (Å²) in [6.07, 6.45) is 4.95. The SMILES string of the molecule is CN(C)C(=O)OC(C)(C(=O)N[C@H](c1ncc(-c2ccc(-c3cnc(-c4cnc([C@@H](NC(=O)C(C)(OC(=O)N(C)C)C(C)(C)CF)C(C)(C)C)[nH]4)cn3)cc2)[nH]1)C(C)(C)C)C(C)(C)CF. The molecule has 350 valence electrons. The van der Waals surface area contributed by atoms with Gasteiger partial charge in [0.05, 0.1) is 67.3 Å². The third-order valence-electron chi connectivity index (χ3n) is 11.9. The maximum Gasteiger partial charge on any atom is 0.410 e. The number of hydrogen-bond acceptors (Lipinski definition) is 10. The van der Waals surface area contributed by atoms with Crippen molar-refractivity contribution in [1.29, 1.82) is 0 Å². The second-order valence-corrected chi connectivity index (χ2v) is 20.4. The van der Waals surface area contributed by atoms with Gasteiger partial charge in [-0.1, -0.05) is 93.5 Å². The van der Waals surface area contributed by atoms with E-state index in [-0.39, 0.29) is 0 Å². The Morgan fingerprint density at radius 3 is 1.28 bits per heavy atom. The zero-order valence-electron chi connectivity index (χ0n) is 40.1. The number of carbonyl (C=O) groups excluding carboxylic acids is 4. The smallest absolute Gasteiger partial charge is 0.410 e. The molecular formula is C46H66F2N10O6.